The first kappa shape index (κ1) is 17.8. The molecule has 0 aliphatic carbocycles. The summed E-state index contributed by atoms with van der Waals surface area (Å²) in [4.78, 5) is 15.7. The molecule has 1 unspecified atom stereocenters. The highest BCUT2D eigenvalue weighted by Crippen LogP contribution is 2.03. The first-order chi connectivity index (χ1) is 9.78. The monoisotopic (exact) mass is 406 g/mol. The van der Waals surface area contributed by atoms with Crippen LogP contribution in [0.1, 0.15) is 25.5 Å². The molecule has 0 aromatic carbocycles. The third-order valence-corrected chi connectivity index (χ3v) is 3.16. The van der Waals surface area contributed by atoms with E-state index >= 15 is 0 Å². The van der Waals surface area contributed by atoms with Gasteiger partial charge in [0, 0.05) is 38.5 Å². The first-order valence-electron chi connectivity index (χ1n) is 7.12. The molecule has 0 radical (unpaired) electrons. The van der Waals surface area contributed by atoms with Crippen molar-refractivity contribution in [3.05, 3.63) is 24.2 Å². The van der Waals surface area contributed by atoms with Gasteiger partial charge in [0.1, 0.15) is 5.76 Å². The van der Waals surface area contributed by atoms with Gasteiger partial charge in [-0.1, -0.05) is 0 Å². The van der Waals surface area contributed by atoms with Crippen molar-refractivity contribution in [2.75, 3.05) is 19.6 Å². The number of halogens is 1. The van der Waals surface area contributed by atoms with Gasteiger partial charge in [-0.25, -0.2) is 0 Å². The summed E-state index contributed by atoms with van der Waals surface area (Å²) < 4.78 is 5.28. The Morgan fingerprint density at radius 2 is 2.43 bits per heavy atom. The van der Waals surface area contributed by atoms with Crippen LogP contribution in [0.4, 0.5) is 0 Å². The normalized spacial score (nSPS) is 18.6. The van der Waals surface area contributed by atoms with Crippen molar-refractivity contribution >= 4 is 35.8 Å². The first-order valence-corrected chi connectivity index (χ1v) is 7.12. The van der Waals surface area contributed by atoms with Crippen molar-refractivity contribution in [3.63, 3.8) is 0 Å². The fraction of sp³-hybridized carbons (Fsp3) is 0.571. The average molecular weight is 406 g/mol. The smallest absolute Gasteiger partial charge is 0.220 e. The van der Waals surface area contributed by atoms with Crippen LogP contribution < -0.4 is 16.0 Å². The summed E-state index contributed by atoms with van der Waals surface area (Å²) in [6.07, 6.45) is 3.87. The number of nitrogens with zero attached hydrogens (tertiary/aromatic N) is 1. The van der Waals surface area contributed by atoms with Crippen LogP contribution in [-0.2, 0) is 11.2 Å². The van der Waals surface area contributed by atoms with Crippen molar-refractivity contribution in [3.8, 4) is 0 Å². The summed E-state index contributed by atoms with van der Waals surface area (Å²) in [6, 6.07) is 4.08. The minimum absolute atomic E-state index is 0. The van der Waals surface area contributed by atoms with Crippen LogP contribution in [0.5, 0.6) is 0 Å². The van der Waals surface area contributed by atoms with E-state index in [2.05, 4.69) is 20.9 Å². The summed E-state index contributed by atoms with van der Waals surface area (Å²) in [7, 11) is 0. The Kier molecular flexibility index (Phi) is 8.17. The topological polar surface area (TPSA) is 78.7 Å². The van der Waals surface area contributed by atoms with Gasteiger partial charge < -0.3 is 20.4 Å². The van der Waals surface area contributed by atoms with Crippen LogP contribution in [0.3, 0.4) is 0 Å². The molecule has 118 valence electrons. The summed E-state index contributed by atoms with van der Waals surface area (Å²) in [5.41, 5.74) is 0. The molecular formula is C14H23IN4O2. The molecule has 1 aromatic rings. The minimum Gasteiger partial charge on any atom is -0.469 e. The van der Waals surface area contributed by atoms with Crippen LogP contribution in [0.15, 0.2) is 27.8 Å². The molecule has 1 saturated heterocycles. The van der Waals surface area contributed by atoms with Gasteiger partial charge in [0.25, 0.3) is 0 Å². The minimum atomic E-state index is 0. The Balaban J connectivity index is 0.00000220. The van der Waals surface area contributed by atoms with E-state index in [1.807, 2.05) is 19.1 Å². The van der Waals surface area contributed by atoms with Crippen LogP contribution in [0.2, 0.25) is 0 Å². The van der Waals surface area contributed by atoms with Gasteiger partial charge >= 0.3 is 0 Å². The Bertz CT molecular complexity index is 438. The molecule has 3 N–H and O–H groups in total. The van der Waals surface area contributed by atoms with E-state index in [0.29, 0.717) is 19.5 Å². The lowest BCUT2D eigenvalue weighted by Crippen LogP contribution is -2.51. The summed E-state index contributed by atoms with van der Waals surface area (Å²) in [6.45, 7) is 4.17. The van der Waals surface area contributed by atoms with Crippen molar-refractivity contribution in [1.82, 2.24) is 16.0 Å². The quantitative estimate of drug-likeness (QED) is 0.391. The summed E-state index contributed by atoms with van der Waals surface area (Å²) in [5.74, 6) is 1.86. The van der Waals surface area contributed by atoms with Gasteiger partial charge in [-0.2, -0.15) is 0 Å². The van der Waals surface area contributed by atoms with Crippen LogP contribution in [0, 0.1) is 0 Å². The number of amides is 1. The van der Waals surface area contributed by atoms with E-state index in [-0.39, 0.29) is 35.9 Å². The molecule has 1 aliphatic heterocycles. The zero-order chi connectivity index (χ0) is 14.2. The maximum absolute atomic E-state index is 11.1. The highest BCUT2D eigenvalue weighted by molar-refractivity contribution is 14.0. The molecule has 1 aromatic heterocycles. The van der Waals surface area contributed by atoms with Crippen molar-refractivity contribution < 1.29 is 9.21 Å². The van der Waals surface area contributed by atoms with Crippen LogP contribution in [0.25, 0.3) is 0 Å². The lowest BCUT2D eigenvalue weighted by atomic mass is 10.1. The zero-order valence-corrected chi connectivity index (χ0v) is 14.6. The van der Waals surface area contributed by atoms with Gasteiger partial charge in [-0.15, -0.1) is 24.0 Å². The fourth-order valence-electron chi connectivity index (χ4n) is 2.10. The number of rotatable bonds is 5. The number of nitrogens with one attached hydrogen (secondary N) is 3. The molecule has 21 heavy (non-hydrogen) atoms. The number of hydrogen-bond acceptors (Lipinski definition) is 3. The number of piperidine rings is 1. The predicted molar refractivity (Wildman–Crippen MR) is 93.0 cm³/mol. The van der Waals surface area contributed by atoms with Gasteiger partial charge in [-0.3, -0.25) is 9.79 Å². The molecule has 1 atom stereocenters. The molecule has 2 heterocycles. The van der Waals surface area contributed by atoms with E-state index in [1.54, 1.807) is 6.26 Å². The molecule has 7 heteroatoms. The summed E-state index contributed by atoms with van der Waals surface area (Å²) >= 11 is 0. The highest BCUT2D eigenvalue weighted by Gasteiger charge is 2.18. The van der Waals surface area contributed by atoms with E-state index in [1.165, 1.54) is 0 Å². The number of hydrogen-bond donors (Lipinski definition) is 3. The molecule has 2 rings (SSSR count). The SMILES string of the molecule is CCNC(=NCCc1ccco1)NC1CCC(=O)NC1.I. The lowest BCUT2D eigenvalue weighted by molar-refractivity contribution is -0.122. The van der Waals surface area contributed by atoms with Gasteiger partial charge in [0.2, 0.25) is 5.91 Å². The van der Waals surface area contributed by atoms with Crippen molar-refractivity contribution in [2.45, 2.75) is 32.2 Å². The Morgan fingerprint density at radius 3 is 3.05 bits per heavy atom. The molecule has 6 nitrogen and oxygen atoms in total. The second-order valence-electron chi connectivity index (χ2n) is 4.77. The maximum Gasteiger partial charge on any atom is 0.220 e. The van der Waals surface area contributed by atoms with Gasteiger partial charge in [-0.05, 0) is 25.5 Å². The third kappa shape index (κ3) is 6.36. The average Bonchev–Trinajstić information content (AvgIpc) is 2.95. The fourth-order valence-corrected chi connectivity index (χ4v) is 2.10. The molecular weight excluding hydrogens is 383 g/mol. The zero-order valence-electron chi connectivity index (χ0n) is 12.2. The summed E-state index contributed by atoms with van der Waals surface area (Å²) in [5, 5.41) is 9.43. The van der Waals surface area contributed by atoms with Crippen molar-refractivity contribution in [2.24, 2.45) is 4.99 Å². The second kappa shape index (κ2) is 9.64. The molecule has 1 fully saturated rings. The predicted octanol–water partition coefficient (Wildman–Crippen LogP) is 1.27. The largest absolute Gasteiger partial charge is 0.469 e. The Morgan fingerprint density at radius 1 is 1.57 bits per heavy atom. The lowest BCUT2D eigenvalue weighted by Gasteiger charge is -2.25. The third-order valence-electron chi connectivity index (χ3n) is 3.16. The number of carbonyl (C=O) groups is 1. The van der Waals surface area contributed by atoms with Crippen LogP contribution >= 0.6 is 24.0 Å². The van der Waals surface area contributed by atoms with Gasteiger partial charge in [0.15, 0.2) is 5.96 Å². The Hall–Kier alpha value is -1.25. The number of carbonyl (C=O) groups excluding carboxylic acids is 1. The van der Waals surface area contributed by atoms with Gasteiger partial charge in [0.05, 0.1) is 6.26 Å². The van der Waals surface area contributed by atoms with E-state index in [4.69, 9.17) is 4.42 Å². The number of aliphatic imine (C=N–C) groups is 1. The number of guanidine groups is 1. The highest BCUT2D eigenvalue weighted by atomic mass is 127. The van der Waals surface area contributed by atoms with E-state index in [0.717, 1.165) is 31.1 Å². The number of furan rings is 1. The molecule has 1 amide bonds. The molecule has 0 spiro atoms. The second-order valence-corrected chi connectivity index (χ2v) is 4.77. The molecule has 0 saturated carbocycles. The molecule has 0 bridgehead atoms. The van der Waals surface area contributed by atoms with Crippen LogP contribution in [-0.4, -0.2) is 37.5 Å². The van der Waals surface area contributed by atoms with Crippen molar-refractivity contribution in [1.29, 1.82) is 0 Å². The van der Waals surface area contributed by atoms with E-state index < -0.39 is 0 Å². The standard InChI is InChI=1S/C14H22N4O2.HI/c1-2-15-14(16-8-7-12-4-3-9-20-12)18-11-5-6-13(19)17-10-11;/h3-4,9,11H,2,5-8,10H2,1H3,(H,17,19)(H2,15,16,18);1H. The maximum atomic E-state index is 11.1. The molecule has 1 aliphatic rings. The Labute approximate surface area is 142 Å². The van der Waals surface area contributed by atoms with E-state index in [9.17, 15) is 4.79 Å².